The zero-order valence-corrected chi connectivity index (χ0v) is 21.9. The van der Waals surface area contributed by atoms with E-state index in [2.05, 4.69) is 27.0 Å². The van der Waals surface area contributed by atoms with Crippen molar-refractivity contribution >= 4 is 58.7 Å². The normalized spacial score (nSPS) is 10.5. The first-order chi connectivity index (χ1) is 16.0. The highest BCUT2D eigenvalue weighted by atomic mass is 35.5. The molecule has 0 amide bonds. The summed E-state index contributed by atoms with van der Waals surface area (Å²) in [6.07, 6.45) is 5.27. The van der Waals surface area contributed by atoms with Crippen molar-refractivity contribution in [2.24, 2.45) is 0 Å². The summed E-state index contributed by atoms with van der Waals surface area (Å²) < 4.78 is 0. The lowest BCUT2D eigenvalue weighted by molar-refractivity contribution is -0.757. The highest BCUT2D eigenvalue weighted by Crippen LogP contribution is 2.29. The van der Waals surface area contributed by atoms with E-state index in [9.17, 15) is 15.2 Å². The van der Waals surface area contributed by atoms with Gasteiger partial charge in [-0.1, -0.05) is 31.4 Å². The van der Waals surface area contributed by atoms with Crippen molar-refractivity contribution in [2.45, 2.75) is 39.2 Å². The van der Waals surface area contributed by atoms with Crippen LogP contribution in [0.25, 0.3) is 10.9 Å². The second-order valence-corrected chi connectivity index (χ2v) is 8.26. The summed E-state index contributed by atoms with van der Waals surface area (Å²) in [4.78, 5) is 21.1. The summed E-state index contributed by atoms with van der Waals surface area (Å²) in [5.74, 6) is 0.266. The molecule has 0 saturated heterocycles. The number of unbranched alkanes of at least 4 members (excludes halogenated alkanes) is 3. The molecule has 0 aliphatic rings. The Balaban J connectivity index is 0.00000306. The van der Waals surface area contributed by atoms with Gasteiger partial charge in [-0.05, 0) is 68.4 Å². The fourth-order valence-electron chi connectivity index (χ4n) is 3.70. The van der Waals surface area contributed by atoms with Crippen LogP contribution in [0, 0.1) is 10.1 Å². The van der Waals surface area contributed by atoms with Crippen molar-refractivity contribution in [1.29, 1.82) is 0 Å². The van der Waals surface area contributed by atoms with Gasteiger partial charge in [0.2, 0.25) is 0 Å². The summed E-state index contributed by atoms with van der Waals surface area (Å²) in [7, 11) is 0. The van der Waals surface area contributed by atoms with Crippen molar-refractivity contribution in [1.82, 2.24) is 9.88 Å². The minimum absolute atomic E-state index is 0. The molecule has 0 saturated carbocycles. The first kappa shape index (κ1) is 30.5. The van der Waals surface area contributed by atoms with Gasteiger partial charge in [0.15, 0.2) is 0 Å². The number of benzene rings is 2. The maximum atomic E-state index is 10.4. The number of aromatic hydroxyl groups is 1. The van der Waals surface area contributed by atoms with E-state index in [4.69, 9.17) is 11.6 Å². The molecule has 0 aliphatic heterocycles. The molecule has 3 aromatic rings. The zero-order valence-electron chi connectivity index (χ0n) is 19.5. The number of pyridine rings is 1. The highest BCUT2D eigenvalue weighted by Gasteiger charge is 2.10. The minimum Gasteiger partial charge on any atom is -0.508 e. The maximum absolute atomic E-state index is 10.4. The van der Waals surface area contributed by atoms with E-state index in [1.807, 2.05) is 36.4 Å². The molecule has 1 heterocycles. The number of phenols is 1. The molecule has 3 rings (SSSR count). The number of hydrogen-bond acceptors (Lipinski definition) is 7. The Bertz CT molecular complexity index is 1090. The Labute approximate surface area is 222 Å². The second-order valence-electron chi connectivity index (χ2n) is 7.83. The zero-order chi connectivity index (χ0) is 23.6. The first-order valence-electron chi connectivity index (χ1n) is 11.1. The number of fused-ring (bicyclic) bond motifs is 1. The third-order valence-corrected chi connectivity index (χ3v) is 5.70. The van der Waals surface area contributed by atoms with Crippen LogP contribution >= 0.6 is 36.4 Å². The van der Waals surface area contributed by atoms with E-state index in [0.29, 0.717) is 18.0 Å². The molecule has 0 radical (unpaired) electrons. The molecule has 0 spiro atoms. The molecule has 0 bridgehead atoms. The van der Waals surface area contributed by atoms with Gasteiger partial charge < -0.3 is 15.3 Å². The van der Waals surface area contributed by atoms with Crippen molar-refractivity contribution in [3.8, 4) is 5.75 Å². The van der Waals surface area contributed by atoms with Crippen LogP contribution in [0.1, 0.15) is 38.2 Å². The summed E-state index contributed by atoms with van der Waals surface area (Å²) in [6, 6.07) is 13.1. The SMILES string of the molecule is CCN(CCCCCCO[N+](=O)[O-])Cc1cc(Nc2ccnc3cc(Cl)ccc23)ccc1O.Cl.Cl. The molecule has 0 unspecified atom stereocenters. The predicted octanol–water partition coefficient (Wildman–Crippen LogP) is 6.77. The van der Waals surface area contributed by atoms with Crippen molar-refractivity contribution in [2.75, 3.05) is 25.0 Å². The van der Waals surface area contributed by atoms with E-state index < -0.39 is 5.09 Å². The fraction of sp³-hybridized carbons (Fsp3) is 0.375. The van der Waals surface area contributed by atoms with Gasteiger partial charge in [-0.25, -0.2) is 0 Å². The third kappa shape index (κ3) is 9.57. The lowest BCUT2D eigenvalue weighted by atomic mass is 10.1. The monoisotopic (exact) mass is 544 g/mol. The van der Waals surface area contributed by atoms with E-state index in [-0.39, 0.29) is 37.2 Å². The molecule has 0 atom stereocenters. The number of aromatic nitrogens is 1. The molecule has 0 aliphatic carbocycles. The summed E-state index contributed by atoms with van der Waals surface area (Å²) in [6.45, 7) is 4.63. The average Bonchev–Trinajstić information content (AvgIpc) is 2.79. The topological polar surface area (TPSA) is 101 Å². The van der Waals surface area contributed by atoms with Crippen LogP contribution in [0.2, 0.25) is 5.02 Å². The Morgan fingerprint density at radius 1 is 1.11 bits per heavy atom. The molecule has 8 nitrogen and oxygen atoms in total. The number of anilines is 2. The number of nitrogens with one attached hydrogen (secondary N) is 1. The van der Waals surface area contributed by atoms with Gasteiger partial charge in [0.25, 0.3) is 5.09 Å². The largest absolute Gasteiger partial charge is 0.508 e. The summed E-state index contributed by atoms with van der Waals surface area (Å²) in [5, 5.41) is 24.9. The summed E-state index contributed by atoms with van der Waals surface area (Å²) in [5.41, 5.74) is 3.46. The second kappa shape index (κ2) is 15.5. The Morgan fingerprint density at radius 2 is 1.89 bits per heavy atom. The lowest BCUT2D eigenvalue weighted by Gasteiger charge is -2.21. The number of halogens is 3. The van der Waals surface area contributed by atoms with Gasteiger partial charge >= 0.3 is 0 Å². The van der Waals surface area contributed by atoms with Gasteiger partial charge in [0, 0.05) is 40.1 Å². The Morgan fingerprint density at radius 3 is 2.63 bits per heavy atom. The molecule has 35 heavy (non-hydrogen) atoms. The molecule has 0 fully saturated rings. The quantitative estimate of drug-likeness (QED) is 0.106. The predicted molar refractivity (Wildman–Crippen MR) is 145 cm³/mol. The van der Waals surface area contributed by atoms with Crippen LogP contribution in [0.4, 0.5) is 11.4 Å². The number of nitrogens with zero attached hydrogens (tertiary/aromatic N) is 3. The van der Waals surface area contributed by atoms with Crippen LogP contribution < -0.4 is 5.32 Å². The molecule has 2 aromatic carbocycles. The number of hydrogen-bond donors (Lipinski definition) is 2. The van der Waals surface area contributed by atoms with Gasteiger partial charge in [-0.15, -0.1) is 34.9 Å². The van der Waals surface area contributed by atoms with Crippen LogP contribution in [-0.4, -0.2) is 39.8 Å². The van der Waals surface area contributed by atoms with Crippen molar-refractivity contribution in [3.05, 3.63) is 69.4 Å². The number of rotatable bonds is 13. The standard InChI is InChI=1S/C24H29ClN4O4.2ClH/c1-2-28(13-5-3-4-6-14-33-29(31)32)17-18-15-20(8-10-24(18)30)27-22-11-12-26-23-16-19(25)7-9-21(22)23;;/h7-12,15-16,30H,2-6,13-14,17H2,1H3,(H,26,27);2*1H. The van der Waals surface area contributed by atoms with Gasteiger partial charge in [0.05, 0.1) is 12.1 Å². The van der Waals surface area contributed by atoms with E-state index >= 15 is 0 Å². The van der Waals surface area contributed by atoms with Crippen molar-refractivity contribution in [3.63, 3.8) is 0 Å². The van der Waals surface area contributed by atoms with Gasteiger partial charge in [-0.2, -0.15) is 0 Å². The van der Waals surface area contributed by atoms with E-state index in [1.165, 1.54) is 0 Å². The number of phenolic OH excluding ortho intramolecular Hbond substituents is 1. The van der Waals surface area contributed by atoms with Crippen LogP contribution in [0.15, 0.2) is 48.7 Å². The minimum atomic E-state index is -0.749. The molecule has 192 valence electrons. The average molecular weight is 546 g/mol. The van der Waals surface area contributed by atoms with Gasteiger partial charge in [-0.3, -0.25) is 9.88 Å². The van der Waals surface area contributed by atoms with Crippen LogP contribution in [0.5, 0.6) is 5.75 Å². The van der Waals surface area contributed by atoms with E-state index in [0.717, 1.165) is 60.2 Å². The molecule has 11 heteroatoms. The molecule has 2 N–H and O–H groups in total. The van der Waals surface area contributed by atoms with Gasteiger partial charge in [0.1, 0.15) is 5.75 Å². The lowest BCUT2D eigenvalue weighted by Crippen LogP contribution is -2.24. The third-order valence-electron chi connectivity index (χ3n) is 5.47. The van der Waals surface area contributed by atoms with Crippen LogP contribution in [-0.2, 0) is 11.4 Å². The van der Waals surface area contributed by atoms with E-state index in [1.54, 1.807) is 12.3 Å². The smallest absolute Gasteiger partial charge is 0.294 e. The Hall–Kier alpha value is -2.52. The summed E-state index contributed by atoms with van der Waals surface area (Å²) >= 11 is 6.09. The maximum Gasteiger partial charge on any atom is 0.294 e. The highest BCUT2D eigenvalue weighted by molar-refractivity contribution is 6.31. The van der Waals surface area contributed by atoms with Crippen LogP contribution in [0.3, 0.4) is 0 Å². The molecule has 1 aromatic heterocycles. The molecular formula is C24H31Cl3N4O4. The molecular weight excluding hydrogens is 515 g/mol. The Kier molecular flexibility index (Phi) is 13.5. The fourth-order valence-corrected chi connectivity index (χ4v) is 3.86. The van der Waals surface area contributed by atoms with Crippen molar-refractivity contribution < 1.29 is 15.0 Å². The first-order valence-corrected chi connectivity index (χ1v) is 11.5.